The molecule has 1 aromatic carbocycles. The zero-order valence-corrected chi connectivity index (χ0v) is 16.0. The summed E-state index contributed by atoms with van der Waals surface area (Å²) in [6.45, 7) is 15.0. The summed E-state index contributed by atoms with van der Waals surface area (Å²) in [6.07, 6.45) is 1.19. The number of carbonyl (C=O) groups is 1. The number of aryl methyl sites for hydroxylation is 1. The molecule has 0 unspecified atom stereocenters. The standard InChI is InChI=1S/C19H25NO4S/c1-7-8-14(3)17-15(4)19(5,6)24-18(21)20(17)25(22,23)16-11-9-13(2)10-12-16/h7,9-12,15,17H,1,3,8H2,2,4-6H3/t15-,17-/m0/s1. The number of allylic oxidation sites excluding steroid dienone is 1. The van der Waals surface area contributed by atoms with Crippen LogP contribution in [0.1, 0.15) is 32.8 Å². The molecule has 5 nitrogen and oxygen atoms in total. The van der Waals surface area contributed by atoms with Gasteiger partial charge in [0.25, 0.3) is 10.0 Å². The van der Waals surface area contributed by atoms with Crippen LogP contribution in [0.15, 0.2) is 54.0 Å². The zero-order chi connectivity index (χ0) is 19.0. The van der Waals surface area contributed by atoms with E-state index in [1.54, 1.807) is 32.1 Å². The predicted molar refractivity (Wildman–Crippen MR) is 97.7 cm³/mol. The SMILES string of the molecule is C=CCC(=C)[C@H]1[C@H](C)C(C)(C)OC(=O)N1S(=O)(=O)c1ccc(C)cc1. The van der Waals surface area contributed by atoms with Gasteiger partial charge in [-0.1, -0.05) is 37.3 Å². The van der Waals surface area contributed by atoms with E-state index in [9.17, 15) is 13.2 Å². The molecule has 1 heterocycles. The molecule has 2 rings (SSSR count). The number of hydrogen-bond donors (Lipinski definition) is 0. The van der Waals surface area contributed by atoms with Crippen molar-refractivity contribution in [2.75, 3.05) is 0 Å². The molecular weight excluding hydrogens is 338 g/mol. The molecule has 6 heteroatoms. The van der Waals surface area contributed by atoms with Crippen molar-refractivity contribution in [3.63, 3.8) is 0 Å². The van der Waals surface area contributed by atoms with Crippen LogP contribution in [-0.4, -0.2) is 30.5 Å². The minimum absolute atomic E-state index is 0.0540. The van der Waals surface area contributed by atoms with Crippen LogP contribution in [0, 0.1) is 12.8 Å². The number of hydrogen-bond acceptors (Lipinski definition) is 4. The second-order valence-electron chi connectivity index (χ2n) is 6.97. The molecule has 0 aromatic heterocycles. The highest BCUT2D eigenvalue weighted by molar-refractivity contribution is 7.89. The third-order valence-electron chi connectivity index (χ3n) is 4.76. The van der Waals surface area contributed by atoms with Crippen molar-refractivity contribution >= 4 is 16.1 Å². The predicted octanol–water partition coefficient (Wildman–Crippen LogP) is 4.05. The van der Waals surface area contributed by atoms with Crippen molar-refractivity contribution in [1.29, 1.82) is 0 Å². The lowest BCUT2D eigenvalue weighted by Gasteiger charge is -2.47. The van der Waals surface area contributed by atoms with E-state index in [1.807, 2.05) is 13.8 Å². The van der Waals surface area contributed by atoms with Gasteiger partial charge in [0.2, 0.25) is 0 Å². The third kappa shape index (κ3) is 3.49. The van der Waals surface area contributed by atoms with Crippen LogP contribution in [0.4, 0.5) is 4.79 Å². The number of nitrogens with zero attached hydrogens (tertiary/aromatic N) is 1. The van der Waals surface area contributed by atoms with Gasteiger partial charge in [-0.15, -0.1) is 6.58 Å². The number of amides is 1. The van der Waals surface area contributed by atoms with Gasteiger partial charge in [-0.3, -0.25) is 0 Å². The van der Waals surface area contributed by atoms with E-state index in [4.69, 9.17) is 4.74 Å². The van der Waals surface area contributed by atoms with Gasteiger partial charge in [0, 0.05) is 5.92 Å². The second-order valence-corrected chi connectivity index (χ2v) is 8.78. The van der Waals surface area contributed by atoms with Crippen molar-refractivity contribution in [2.45, 2.75) is 50.7 Å². The largest absolute Gasteiger partial charge is 0.442 e. The quantitative estimate of drug-likeness (QED) is 0.740. The van der Waals surface area contributed by atoms with Crippen LogP contribution in [-0.2, 0) is 14.8 Å². The normalized spacial score (nSPS) is 23.0. The first-order valence-corrected chi connectivity index (χ1v) is 9.59. The average molecular weight is 363 g/mol. The van der Waals surface area contributed by atoms with E-state index >= 15 is 0 Å². The Morgan fingerprint density at radius 1 is 1.32 bits per heavy atom. The molecule has 0 aliphatic carbocycles. The number of benzene rings is 1. The Balaban J connectivity index is 2.57. The third-order valence-corrected chi connectivity index (χ3v) is 6.52. The van der Waals surface area contributed by atoms with Crippen molar-refractivity contribution in [2.24, 2.45) is 5.92 Å². The van der Waals surface area contributed by atoms with Gasteiger partial charge < -0.3 is 4.74 Å². The first kappa shape index (κ1) is 19.2. The molecule has 0 bridgehead atoms. The molecule has 1 amide bonds. The maximum atomic E-state index is 13.1. The highest BCUT2D eigenvalue weighted by atomic mass is 32.2. The van der Waals surface area contributed by atoms with Gasteiger partial charge in [0.1, 0.15) is 5.60 Å². The molecule has 1 aromatic rings. The van der Waals surface area contributed by atoms with Crippen molar-refractivity contribution in [3.8, 4) is 0 Å². The van der Waals surface area contributed by atoms with E-state index < -0.39 is 27.8 Å². The van der Waals surface area contributed by atoms with Crippen molar-refractivity contribution < 1.29 is 17.9 Å². The number of sulfonamides is 1. The van der Waals surface area contributed by atoms with E-state index in [-0.39, 0.29) is 10.8 Å². The summed E-state index contributed by atoms with van der Waals surface area (Å²) in [6, 6.07) is 5.69. The molecule has 0 N–H and O–H groups in total. The molecule has 1 saturated heterocycles. The Kier molecular flexibility index (Phi) is 5.14. The van der Waals surface area contributed by atoms with E-state index in [0.717, 1.165) is 9.87 Å². The van der Waals surface area contributed by atoms with Crippen LogP contribution in [0.5, 0.6) is 0 Å². The lowest BCUT2D eigenvalue weighted by molar-refractivity contribution is -0.0593. The molecule has 1 fully saturated rings. The smallest absolute Gasteiger partial charge is 0.424 e. The Hall–Kier alpha value is -2.08. The molecule has 1 aliphatic rings. The van der Waals surface area contributed by atoms with E-state index in [1.165, 1.54) is 12.1 Å². The fourth-order valence-electron chi connectivity index (χ4n) is 2.96. The minimum Gasteiger partial charge on any atom is -0.442 e. The number of rotatable bonds is 5. The van der Waals surface area contributed by atoms with Crippen molar-refractivity contribution in [3.05, 3.63) is 54.6 Å². The Labute approximate surface area is 150 Å². The van der Waals surface area contributed by atoms with Crippen LogP contribution in [0.3, 0.4) is 0 Å². The molecule has 1 aliphatic heterocycles. The van der Waals surface area contributed by atoms with Crippen LogP contribution in [0.2, 0.25) is 0 Å². The van der Waals surface area contributed by atoms with Gasteiger partial charge in [-0.2, -0.15) is 4.31 Å². The fraction of sp³-hybridized carbons (Fsp3) is 0.421. The summed E-state index contributed by atoms with van der Waals surface area (Å²) in [7, 11) is -4.06. The molecule has 0 saturated carbocycles. The van der Waals surface area contributed by atoms with E-state index in [0.29, 0.717) is 12.0 Å². The molecule has 25 heavy (non-hydrogen) atoms. The van der Waals surface area contributed by atoms with Gasteiger partial charge in [0.15, 0.2) is 0 Å². The first-order chi connectivity index (χ1) is 11.5. The lowest BCUT2D eigenvalue weighted by atomic mass is 9.81. The highest BCUT2D eigenvalue weighted by Gasteiger charge is 2.51. The van der Waals surface area contributed by atoms with Crippen LogP contribution in [0.25, 0.3) is 0 Å². The van der Waals surface area contributed by atoms with Gasteiger partial charge in [0.05, 0.1) is 10.9 Å². The number of carbonyl (C=O) groups excluding carboxylic acids is 1. The summed E-state index contributed by atoms with van der Waals surface area (Å²) < 4.78 is 32.5. The summed E-state index contributed by atoms with van der Waals surface area (Å²) in [5, 5.41) is 0. The molecular formula is C19H25NO4S. The van der Waals surface area contributed by atoms with E-state index in [2.05, 4.69) is 13.2 Å². The topological polar surface area (TPSA) is 63.7 Å². The van der Waals surface area contributed by atoms with Gasteiger partial charge in [-0.25, -0.2) is 13.2 Å². The second kappa shape index (κ2) is 6.67. The zero-order valence-electron chi connectivity index (χ0n) is 15.2. The van der Waals surface area contributed by atoms with Crippen molar-refractivity contribution in [1.82, 2.24) is 4.31 Å². The Morgan fingerprint density at radius 2 is 1.88 bits per heavy atom. The fourth-order valence-corrected chi connectivity index (χ4v) is 4.53. The molecule has 2 atom stereocenters. The van der Waals surface area contributed by atoms with Gasteiger partial charge in [-0.05, 0) is 44.9 Å². The summed E-state index contributed by atoms with van der Waals surface area (Å²) in [4.78, 5) is 12.7. The first-order valence-electron chi connectivity index (χ1n) is 8.15. The Morgan fingerprint density at radius 3 is 2.40 bits per heavy atom. The Bertz CT molecular complexity index is 793. The molecule has 0 radical (unpaired) electrons. The van der Waals surface area contributed by atoms with Crippen LogP contribution >= 0.6 is 0 Å². The number of ether oxygens (including phenoxy) is 1. The summed E-state index contributed by atoms with van der Waals surface area (Å²) in [5.74, 6) is -0.266. The maximum Gasteiger partial charge on any atom is 0.424 e. The minimum atomic E-state index is -4.06. The van der Waals surface area contributed by atoms with Crippen LogP contribution < -0.4 is 0 Å². The number of cyclic esters (lactones) is 1. The molecule has 136 valence electrons. The lowest BCUT2D eigenvalue weighted by Crippen LogP contribution is -2.60. The molecule has 0 spiro atoms. The summed E-state index contributed by atoms with van der Waals surface area (Å²) in [5.41, 5.74) is 0.746. The highest BCUT2D eigenvalue weighted by Crippen LogP contribution is 2.39. The summed E-state index contributed by atoms with van der Waals surface area (Å²) >= 11 is 0. The average Bonchev–Trinajstić information content (AvgIpc) is 2.50. The maximum absolute atomic E-state index is 13.1. The van der Waals surface area contributed by atoms with Gasteiger partial charge >= 0.3 is 6.09 Å². The monoisotopic (exact) mass is 363 g/mol.